The molecule has 144 valence electrons. The van der Waals surface area contributed by atoms with Gasteiger partial charge in [0, 0.05) is 22.0 Å². The molecule has 0 atom stereocenters. The molecule has 4 nitrogen and oxygen atoms in total. The first kappa shape index (κ1) is 19.2. The molecule has 29 heavy (non-hydrogen) atoms. The Morgan fingerprint density at radius 2 is 1.55 bits per heavy atom. The lowest BCUT2D eigenvalue weighted by molar-refractivity contribution is 0.436. The van der Waals surface area contributed by atoms with Crippen LogP contribution in [0.2, 0.25) is 10.0 Å². The zero-order valence-corrected chi connectivity index (χ0v) is 16.7. The molecule has 0 saturated heterocycles. The molecule has 0 radical (unpaired) electrons. The number of rotatable bonds is 4. The Balaban J connectivity index is 1.87. The molecule has 0 fully saturated rings. The van der Waals surface area contributed by atoms with Crippen LogP contribution in [0.15, 0.2) is 82.6 Å². The second-order valence-electron chi connectivity index (χ2n) is 6.47. The van der Waals surface area contributed by atoms with E-state index in [0.29, 0.717) is 38.6 Å². The van der Waals surface area contributed by atoms with E-state index < -0.39 is 0 Å². The average Bonchev–Trinajstić information content (AvgIpc) is 2.73. The first-order chi connectivity index (χ1) is 14.1. The first-order valence-corrected chi connectivity index (χ1v) is 9.68. The Morgan fingerprint density at radius 3 is 2.28 bits per heavy atom. The largest absolute Gasteiger partial charge is 0.494 e. The normalized spacial score (nSPS) is 11.4. The van der Waals surface area contributed by atoms with Gasteiger partial charge in [0.15, 0.2) is 0 Å². The molecule has 4 aromatic rings. The number of aromatic hydroxyl groups is 1. The van der Waals surface area contributed by atoms with Crippen molar-refractivity contribution in [3.8, 4) is 11.6 Å². The standard InChI is InChI=1S/C23H16Cl2N2O2/c24-16-11-9-15(10-12-16)13-26-14-19-17-5-1-2-6-18(17)22(28)27(23(19)29)21-8-4-3-7-20(21)25/h1-12,14,29H,13H2. The monoisotopic (exact) mass is 422 g/mol. The highest BCUT2D eigenvalue weighted by atomic mass is 35.5. The predicted octanol–water partition coefficient (Wildman–Crippen LogP) is 5.62. The van der Waals surface area contributed by atoms with Crippen LogP contribution in [0.5, 0.6) is 5.88 Å². The Morgan fingerprint density at radius 1 is 0.897 bits per heavy atom. The summed E-state index contributed by atoms with van der Waals surface area (Å²) in [5, 5.41) is 13.1. The molecule has 1 N–H and O–H groups in total. The fourth-order valence-corrected chi connectivity index (χ4v) is 3.52. The van der Waals surface area contributed by atoms with Crippen molar-refractivity contribution >= 4 is 40.2 Å². The summed E-state index contributed by atoms with van der Waals surface area (Å²) in [5.74, 6) is -0.207. The lowest BCUT2D eigenvalue weighted by Crippen LogP contribution is -2.20. The van der Waals surface area contributed by atoms with E-state index in [1.54, 1.807) is 60.8 Å². The fraction of sp³-hybridized carbons (Fsp3) is 0.0435. The van der Waals surface area contributed by atoms with E-state index in [4.69, 9.17) is 23.2 Å². The first-order valence-electron chi connectivity index (χ1n) is 8.92. The van der Waals surface area contributed by atoms with E-state index >= 15 is 0 Å². The maximum Gasteiger partial charge on any atom is 0.265 e. The molecular formula is C23H16Cl2N2O2. The highest BCUT2D eigenvalue weighted by molar-refractivity contribution is 6.32. The summed E-state index contributed by atoms with van der Waals surface area (Å²) in [6.07, 6.45) is 1.58. The topological polar surface area (TPSA) is 54.6 Å². The average molecular weight is 423 g/mol. The molecule has 0 saturated carbocycles. The summed E-state index contributed by atoms with van der Waals surface area (Å²) in [7, 11) is 0. The molecule has 0 spiro atoms. The van der Waals surface area contributed by atoms with E-state index in [-0.39, 0.29) is 11.4 Å². The van der Waals surface area contributed by atoms with Crippen LogP contribution in [0.4, 0.5) is 0 Å². The van der Waals surface area contributed by atoms with Crippen molar-refractivity contribution in [3.05, 3.63) is 104 Å². The number of halogens is 2. The molecule has 0 aliphatic rings. The van der Waals surface area contributed by atoms with Gasteiger partial charge >= 0.3 is 0 Å². The number of pyridine rings is 1. The van der Waals surface area contributed by atoms with Crippen LogP contribution in [0.25, 0.3) is 16.5 Å². The molecule has 4 rings (SSSR count). The minimum atomic E-state index is -0.346. The van der Waals surface area contributed by atoms with Crippen molar-refractivity contribution in [1.82, 2.24) is 4.57 Å². The molecule has 3 aromatic carbocycles. The van der Waals surface area contributed by atoms with Gasteiger partial charge in [0.2, 0.25) is 5.88 Å². The van der Waals surface area contributed by atoms with Crippen molar-refractivity contribution in [2.45, 2.75) is 6.54 Å². The minimum Gasteiger partial charge on any atom is -0.494 e. The van der Waals surface area contributed by atoms with Gasteiger partial charge in [0.25, 0.3) is 5.56 Å². The SMILES string of the molecule is O=c1c2ccccc2c(C=NCc2ccc(Cl)cc2)c(O)n1-c1ccccc1Cl. The zero-order chi connectivity index (χ0) is 20.4. The maximum atomic E-state index is 13.1. The van der Waals surface area contributed by atoms with E-state index in [0.717, 1.165) is 5.56 Å². The summed E-state index contributed by atoms with van der Waals surface area (Å²) in [5.41, 5.74) is 1.50. The number of para-hydroxylation sites is 1. The summed E-state index contributed by atoms with van der Waals surface area (Å²) >= 11 is 12.2. The minimum absolute atomic E-state index is 0.207. The van der Waals surface area contributed by atoms with E-state index in [1.165, 1.54) is 4.57 Å². The Kier molecular flexibility index (Phi) is 5.38. The number of aromatic nitrogens is 1. The molecule has 0 amide bonds. The van der Waals surface area contributed by atoms with Crippen molar-refractivity contribution in [2.24, 2.45) is 4.99 Å². The number of hydrogen-bond acceptors (Lipinski definition) is 3. The van der Waals surface area contributed by atoms with Crippen LogP contribution in [-0.4, -0.2) is 15.9 Å². The van der Waals surface area contributed by atoms with Crippen molar-refractivity contribution in [2.75, 3.05) is 0 Å². The van der Waals surface area contributed by atoms with Crippen molar-refractivity contribution in [1.29, 1.82) is 0 Å². The highest BCUT2D eigenvalue weighted by Gasteiger charge is 2.17. The summed E-state index contributed by atoms with van der Waals surface area (Å²) in [6.45, 7) is 0.413. The van der Waals surface area contributed by atoms with Crippen LogP contribution in [0, 0.1) is 0 Å². The van der Waals surface area contributed by atoms with Crippen LogP contribution in [-0.2, 0) is 6.54 Å². The lowest BCUT2D eigenvalue weighted by Gasteiger charge is -2.14. The smallest absolute Gasteiger partial charge is 0.265 e. The van der Waals surface area contributed by atoms with Crippen LogP contribution < -0.4 is 5.56 Å². The molecule has 0 aliphatic carbocycles. The predicted molar refractivity (Wildman–Crippen MR) is 119 cm³/mol. The molecular weight excluding hydrogens is 407 g/mol. The molecule has 1 heterocycles. The number of nitrogens with zero attached hydrogens (tertiary/aromatic N) is 2. The van der Waals surface area contributed by atoms with Crippen molar-refractivity contribution in [3.63, 3.8) is 0 Å². The third-order valence-electron chi connectivity index (χ3n) is 4.60. The Labute approximate surface area is 177 Å². The lowest BCUT2D eigenvalue weighted by atomic mass is 10.1. The maximum absolute atomic E-state index is 13.1. The van der Waals surface area contributed by atoms with E-state index in [1.807, 2.05) is 18.2 Å². The third-order valence-corrected chi connectivity index (χ3v) is 5.18. The van der Waals surface area contributed by atoms with Crippen LogP contribution >= 0.6 is 23.2 Å². The zero-order valence-electron chi connectivity index (χ0n) is 15.2. The fourth-order valence-electron chi connectivity index (χ4n) is 3.18. The number of hydrogen-bond donors (Lipinski definition) is 1. The Hall–Kier alpha value is -3.08. The van der Waals surface area contributed by atoms with Gasteiger partial charge in [-0.1, -0.05) is 65.7 Å². The second kappa shape index (κ2) is 8.11. The second-order valence-corrected chi connectivity index (χ2v) is 7.31. The quantitative estimate of drug-likeness (QED) is 0.433. The van der Waals surface area contributed by atoms with Crippen LogP contribution in [0.1, 0.15) is 11.1 Å². The number of benzene rings is 3. The molecule has 6 heteroatoms. The summed E-state index contributed by atoms with van der Waals surface area (Å²) < 4.78 is 1.22. The van der Waals surface area contributed by atoms with Gasteiger partial charge < -0.3 is 5.11 Å². The van der Waals surface area contributed by atoms with Gasteiger partial charge in [-0.15, -0.1) is 0 Å². The van der Waals surface area contributed by atoms with Gasteiger partial charge in [0.1, 0.15) is 0 Å². The van der Waals surface area contributed by atoms with E-state index in [2.05, 4.69) is 4.99 Å². The highest BCUT2D eigenvalue weighted by Crippen LogP contribution is 2.28. The third kappa shape index (κ3) is 3.77. The Bertz CT molecular complexity index is 1280. The van der Waals surface area contributed by atoms with Crippen LogP contribution in [0.3, 0.4) is 0 Å². The molecule has 1 aromatic heterocycles. The van der Waals surface area contributed by atoms with Gasteiger partial charge in [-0.2, -0.15) is 0 Å². The van der Waals surface area contributed by atoms with Gasteiger partial charge in [-0.3, -0.25) is 9.79 Å². The van der Waals surface area contributed by atoms with E-state index in [9.17, 15) is 9.90 Å². The van der Waals surface area contributed by atoms with Gasteiger partial charge in [-0.05, 0) is 35.9 Å². The molecule has 0 aliphatic heterocycles. The molecule has 0 unspecified atom stereocenters. The van der Waals surface area contributed by atoms with Gasteiger partial charge in [0.05, 0.1) is 22.8 Å². The van der Waals surface area contributed by atoms with Gasteiger partial charge in [-0.25, -0.2) is 4.57 Å². The summed E-state index contributed by atoms with van der Waals surface area (Å²) in [4.78, 5) is 17.5. The number of fused-ring (bicyclic) bond motifs is 1. The summed E-state index contributed by atoms with van der Waals surface area (Å²) in [6, 6.07) is 21.4. The van der Waals surface area contributed by atoms with Crippen molar-refractivity contribution < 1.29 is 5.11 Å². The number of aliphatic imine (C=N–C) groups is 1. The molecule has 0 bridgehead atoms.